The fourth-order valence-electron chi connectivity index (χ4n) is 3.24. The Morgan fingerprint density at radius 3 is 2.50 bits per heavy atom. The number of hydrogen-bond acceptors (Lipinski definition) is 3. The quantitative estimate of drug-likeness (QED) is 0.776. The first-order chi connectivity index (χ1) is 8.40. The molecule has 0 radical (unpaired) electrons. The molecule has 1 aliphatic heterocycles. The minimum absolute atomic E-state index is 0.0218. The molecule has 102 valence electrons. The number of carboxylic acid groups (broad SMARTS) is 1. The maximum Gasteiger partial charge on any atom is 0.307 e. The van der Waals surface area contributed by atoms with Gasteiger partial charge in [0.2, 0.25) is 5.91 Å². The average molecular weight is 254 g/mol. The molecule has 0 aromatic heterocycles. The highest BCUT2D eigenvalue weighted by Gasteiger charge is 2.42. The molecule has 1 heterocycles. The summed E-state index contributed by atoms with van der Waals surface area (Å²) in [6, 6.07) is 0.424. The highest BCUT2D eigenvalue weighted by molar-refractivity contribution is 5.84. The van der Waals surface area contributed by atoms with Crippen LogP contribution in [0.25, 0.3) is 0 Å². The van der Waals surface area contributed by atoms with Gasteiger partial charge in [-0.15, -0.1) is 0 Å². The summed E-state index contributed by atoms with van der Waals surface area (Å²) in [5.41, 5.74) is 5.97. The molecule has 1 aliphatic carbocycles. The third-order valence-electron chi connectivity index (χ3n) is 4.52. The van der Waals surface area contributed by atoms with Crippen LogP contribution in [-0.4, -0.2) is 40.5 Å². The van der Waals surface area contributed by atoms with Gasteiger partial charge in [0.15, 0.2) is 0 Å². The zero-order valence-electron chi connectivity index (χ0n) is 11.0. The predicted octanol–water partition coefficient (Wildman–Crippen LogP) is 0.681. The molecular formula is C13H22N2O3. The monoisotopic (exact) mass is 254 g/mol. The van der Waals surface area contributed by atoms with Gasteiger partial charge in [-0.1, -0.05) is 13.8 Å². The first-order valence-corrected chi connectivity index (χ1v) is 6.69. The highest BCUT2D eigenvalue weighted by Crippen LogP contribution is 2.36. The fourth-order valence-corrected chi connectivity index (χ4v) is 3.24. The van der Waals surface area contributed by atoms with Crippen LogP contribution < -0.4 is 5.73 Å². The SMILES string of the molecule is CC(C(=O)O)C(C)C(=O)N1CC2CC(N)CC1C2. The Labute approximate surface area is 107 Å². The van der Waals surface area contributed by atoms with E-state index in [9.17, 15) is 9.59 Å². The van der Waals surface area contributed by atoms with Gasteiger partial charge in [-0.2, -0.15) is 0 Å². The molecule has 2 fully saturated rings. The van der Waals surface area contributed by atoms with Gasteiger partial charge < -0.3 is 15.7 Å². The second kappa shape index (κ2) is 4.88. The second-order valence-electron chi connectivity index (χ2n) is 5.89. The van der Waals surface area contributed by atoms with Crippen LogP contribution in [0.2, 0.25) is 0 Å². The third-order valence-corrected chi connectivity index (χ3v) is 4.52. The molecule has 2 bridgehead atoms. The van der Waals surface area contributed by atoms with Crippen LogP contribution in [0.3, 0.4) is 0 Å². The molecule has 1 saturated heterocycles. The normalized spacial score (nSPS) is 34.2. The number of amides is 1. The van der Waals surface area contributed by atoms with Gasteiger partial charge in [-0.25, -0.2) is 0 Å². The lowest BCUT2D eigenvalue weighted by atomic mass is 9.87. The third kappa shape index (κ3) is 2.36. The molecule has 1 amide bonds. The number of hydrogen-bond donors (Lipinski definition) is 2. The number of rotatable bonds is 3. The zero-order chi connectivity index (χ0) is 13.4. The van der Waals surface area contributed by atoms with Crippen LogP contribution in [0.4, 0.5) is 0 Å². The van der Waals surface area contributed by atoms with Gasteiger partial charge in [0.05, 0.1) is 5.92 Å². The minimum atomic E-state index is -0.908. The van der Waals surface area contributed by atoms with Crippen molar-refractivity contribution in [2.24, 2.45) is 23.5 Å². The zero-order valence-corrected chi connectivity index (χ0v) is 11.0. The van der Waals surface area contributed by atoms with E-state index in [0.29, 0.717) is 5.92 Å². The molecule has 2 aliphatic rings. The lowest BCUT2D eigenvalue weighted by molar-refractivity contribution is -0.149. The van der Waals surface area contributed by atoms with E-state index >= 15 is 0 Å². The van der Waals surface area contributed by atoms with Gasteiger partial charge >= 0.3 is 5.97 Å². The van der Waals surface area contributed by atoms with Crippen molar-refractivity contribution in [3.05, 3.63) is 0 Å². The van der Waals surface area contributed by atoms with E-state index in [0.717, 1.165) is 25.8 Å². The van der Waals surface area contributed by atoms with Crippen molar-refractivity contribution in [2.75, 3.05) is 6.54 Å². The van der Waals surface area contributed by atoms with Crippen LogP contribution in [0.15, 0.2) is 0 Å². The molecule has 1 saturated carbocycles. The average Bonchev–Trinajstić information content (AvgIpc) is 2.61. The van der Waals surface area contributed by atoms with Crippen molar-refractivity contribution in [2.45, 2.75) is 45.2 Å². The largest absolute Gasteiger partial charge is 0.481 e. The smallest absolute Gasteiger partial charge is 0.307 e. The maximum absolute atomic E-state index is 12.4. The summed E-state index contributed by atoms with van der Waals surface area (Å²) in [6.07, 6.45) is 2.88. The van der Waals surface area contributed by atoms with E-state index in [1.165, 1.54) is 0 Å². The van der Waals surface area contributed by atoms with E-state index in [-0.39, 0.29) is 18.0 Å². The van der Waals surface area contributed by atoms with Crippen molar-refractivity contribution < 1.29 is 14.7 Å². The lowest BCUT2D eigenvalue weighted by Crippen LogP contribution is -2.43. The molecule has 0 aromatic rings. The maximum atomic E-state index is 12.4. The van der Waals surface area contributed by atoms with Crippen molar-refractivity contribution in [3.8, 4) is 0 Å². The van der Waals surface area contributed by atoms with Crippen LogP contribution in [0.5, 0.6) is 0 Å². The summed E-state index contributed by atoms with van der Waals surface area (Å²) >= 11 is 0. The van der Waals surface area contributed by atoms with Crippen molar-refractivity contribution in [1.82, 2.24) is 4.90 Å². The van der Waals surface area contributed by atoms with Gasteiger partial charge in [-0.05, 0) is 25.2 Å². The predicted molar refractivity (Wildman–Crippen MR) is 66.8 cm³/mol. The molecule has 0 aromatic carbocycles. The molecule has 2 rings (SSSR count). The van der Waals surface area contributed by atoms with Crippen LogP contribution in [0, 0.1) is 17.8 Å². The standard InChI is InChI=1S/C13H22N2O3/c1-7(8(2)13(17)18)12(16)15-6-9-3-10(14)5-11(15)4-9/h7-11H,3-6,14H2,1-2H3,(H,17,18). The molecular weight excluding hydrogens is 232 g/mol. The highest BCUT2D eigenvalue weighted by atomic mass is 16.4. The van der Waals surface area contributed by atoms with Crippen molar-refractivity contribution in [1.29, 1.82) is 0 Å². The van der Waals surface area contributed by atoms with Gasteiger partial charge in [0.1, 0.15) is 0 Å². The van der Waals surface area contributed by atoms with Gasteiger partial charge in [0.25, 0.3) is 0 Å². The Bertz CT molecular complexity index is 358. The number of likely N-dealkylation sites (tertiary alicyclic amines) is 1. The Morgan fingerprint density at radius 2 is 1.89 bits per heavy atom. The molecule has 18 heavy (non-hydrogen) atoms. The van der Waals surface area contributed by atoms with Crippen LogP contribution >= 0.6 is 0 Å². The number of carbonyl (C=O) groups excluding carboxylic acids is 1. The van der Waals surface area contributed by atoms with Gasteiger partial charge in [-0.3, -0.25) is 9.59 Å². The number of carboxylic acids is 1. The van der Waals surface area contributed by atoms with E-state index in [4.69, 9.17) is 10.8 Å². The number of nitrogens with zero attached hydrogens (tertiary/aromatic N) is 1. The van der Waals surface area contributed by atoms with E-state index in [2.05, 4.69) is 0 Å². The second-order valence-corrected chi connectivity index (χ2v) is 5.89. The molecule has 5 heteroatoms. The summed E-state index contributed by atoms with van der Waals surface area (Å²) in [5.74, 6) is -1.51. The Kier molecular flexibility index (Phi) is 3.61. The summed E-state index contributed by atoms with van der Waals surface area (Å²) in [5, 5.41) is 8.98. The minimum Gasteiger partial charge on any atom is -0.481 e. The lowest BCUT2D eigenvalue weighted by Gasteiger charge is -2.30. The summed E-state index contributed by atoms with van der Waals surface area (Å²) < 4.78 is 0. The molecule has 5 nitrogen and oxygen atoms in total. The number of fused-ring (bicyclic) bond motifs is 2. The Morgan fingerprint density at radius 1 is 1.22 bits per heavy atom. The van der Waals surface area contributed by atoms with Crippen LogP contribution in [0.1, 0.15) is 33.1 Å². The number of carbonyl (C=O) groups is 2. The van der Waals surface area contributed by atoms with E-state index in [1.807, 2.05) is 4.90 Å². The van der Waals surface area contributed by atoms with E-state index < -0.39 is 17.8 Å². The Balaban J connectivity index is 2.04. The summed E-state index contributed by atoms with van der Waals surface area (Å²) in [7, 11) is 0. The molecule has 5 atom stereocenters. The topological polar surface area (TPSA) is 83.6 Å². The van der Waals surface area contributed by atoms with Crippen molar-refractivity contribution >= 4 is 11.9 Å². The van der Waals surface area contributed by atoms with Crippen LogP contribution in [-0.2, 0) is 9.59 Å². The molecule has 3 N–H and O–H groups in total. The van der Waals surface area contributed by atoms with E-state index in [1.54, 1.807) is 13.8 Å². The molecule has 0 spiro atoms. The van der Waals surface area contributed by atoms with Gasteiger partial charge in [0, 0.05) is 24.5 Å². The first kappa shape index (κ1) is 13.3. The summed E-state index contributed by atoms with van der Waals surface area (Å²) in [4.78, 5) is 25.2. The molecule has 5 unspecified atom stereocenters. The summed E-state index contributed by atoms with van der Waals surface area (Å²) in [6.45, 7) is 4.07. The number of nitrogens with two attached hydrogens (primary N) is 1. The Hall–Kier alpha value is -1.10. The number of aliphatic carboxylic acids is 1. The first-order valence-electron chi connectivity index (χ1n) is 6.69. The van der Waals surface area contributed by atoms with Crippen molar-refractivity contribution in [3.63, 3.8) is 0 Å². The fraction of sp³-hybridized carbons (Fsp3) is 0.846.